The van der Waals surface area contributed by atoms with Crippen LogP contribution in [0, 0.1) is 0 Å². The topological polar surface area (TPSA) is 57.4 Å². The van der Waals surface area contributed by atoms with Crippen LogP contribution in [-0.4, -0.2) is 17.3 Å². The molecule has 0 unspecified atom stereocenters. The number of aromatic nitrogens is 2. The quantitative estimate of drug-likeness (QED) is 0.712. The molecule has 0 saturated heterocycles. The monoisotopic (exact) mass is 316 g/mol. The van der Waals surface area contributed by atoms with Gasteiger partial charge in [-0.15, -0.1) is 0 Å². The molecule has 0 bridgehead atoms. The van der Waals surface area contributed by atoms with Crippen molar-refractivity contribution in [2.75, 3.05) is 7.11 Å². The minimum atomic E-state index is 0.184. The zero-order chi connectivity index (χ0) is 15.4. The first kappa shape index (κ1) is 14.4. The minimum absolute atomic E-state index is 0.184. The molecule has 5 nitrogen and oxygen atoms in total. The molecule has 112 valence electrons. The molecule has 0 aliphatic rings. The van der Waals surface area contributed by atoms with Gasteiger partial charge in [0.15, 0.2) is 6.61 Å². The van der Waals surface area contributed by atoms with Gasteiger partial charge in [-0.2, -0.15) is 4.98 Å². The maximum atomic E-state index is 5.82. The summed E-state index contributed by atoms with van der Waals surface area (Å²) in [6.07, 6.45) is 0. The maximum Gasteiger partial charge on any atom is 0.264 e. The zero-order valence-electron chi connectivity index (χ0n) is 11.8. The summed E-state index contributed by atoms with van der Waals surface area (Å²) in [7, 11) is 1.60. The predicted molar refractivity (Wildman–Crippen MR) is 82.1 cm³/mol. The van der Waals surface area contributed by atoms with E-state index in [1.54, 1.807) is 31.4 Å². The van der Waals surface area contributed by atoms with Crippen LogP contribution in [0.5, 0.6) is 11.5 Å². The van der Waals surface area contributed by atoms with Gasteiger partial charge in [0, 0.05) is 5.02 Å². The second-order valence-corrected chi connectivity index (χ2v) is 4.89. The maximum absolute atomic E-state index is 5.82. The molecule has 0 amide bonds. The first-order chi connectivity index (χ1) is 10.8. The molecule has 0 aliphatic carbocycles. The lowest BCUT2D eigenvalue weighted by Gasteiger charge is -2.03. The summed E-state index contributed by atoms with van der Waals surface area (Å²) in [6, 6.07) is 14.5. The van der Waals surface area contributed by atoms with Crippen LogP contribution < -0.4 is 9.47 Å². The number of nitrogens with zero attached hydrogens (tertiary/aromatic N) is 2. The molecular formula is C16H13ClN2O3. The van der Waals surface area contributed by atoms with Crippen LogP contribution in [0.15, 0.2) is 53.1 Å². The number of hydrogen-bond donors (Lipinski definition) is 0. The predicted octanol–water partition coefficient (Wildman–Crippen LogP) is 3.98. The molecule has 0 radical (unpaired) electrons. The number of benzene rings is 2. The standard InChI is InChI=1S/C16H13ClN2O3/c1-20-14-5-3-2-4-13(14)16-18-15(22-19-16)10-21-12-8-6-11(17)7-9-12/h2-9H,10H2,1H3. The molecule has 3 rings (SSSR count). The van der Waals surface area contributed by atoms with Gasteiger partial charge in [-0.3, -0.25) is 0 Å². The first-order valence-electron chi connectivity index (χ1n) is 6.60. The van der Waals surface area contributed by atoms with Gasteiger partial charge in [-0.05, 0) is 36.4 Å². The normalized spacial score (nSPS) is 10.5. The smallest absolute Gasteiger partial charge is 0.264 e. The average molecular weight is 317 g/mol. The van der Waals surface area contributed by atoms with E-state index >= 15 is 0 Å². The fraction of sp³-hybridized carbons (Fsp3) is 0.125. The van der Waals surface area contributed by atoms with Gasteiger partial charge in [-0.1, -0.05) is 28.9 Å². The Kier molecular flexibility index (Phi) is 4.25. The summed E-state index contributed by atoms with van der Waals surface area (Å²) in [5.41, 5.74) is 0.770. The molecule has 0 spiro atoms. The van der Waals surface area contributed by atoms with E-state index in [-0.39, 0.29) is 6.61 Å². The van der Waals surface area contributed by atoms with E-state index in [4.69, 9.17) is 25.6 Å². The summed E-state index contributed by atoms with van der Waals surface area (Å²) < 4.78 is 16.0. The van der Waals surface area contributed by atoms with Gasteiger partial charge in [0.05, 0.1) is 12.7 Å². The Labute approximate surface area is 132 Å². The fourth-order valence-electron chi connectivity index (χ4n) is 1.93. The Morgan fingerprint density at radius 2 is 1.86 bits per heavy atom. The molecular weight excluding hydrogens is 304 g/mol. The lowest BCUT2D eigenvalue weighted by Crippen LogP contribution is -1.95. The molecule has 3 aromatic rings. The molecule has 6 heteroatoms. The van der Waals surface area contributed by atoms with Crippen molar-refractivity contribution in [3.05, 3.63) is 59.4 Å². The van der Waals surface area contributed by atoms with E-state index in [9.17, 15) is 0 Å². The van der Waals surface area contributed by atoms with Crippen LogP contribution in [0.25, 0.3) is 11.4 Å². The average Bonchev–Trinajstić information content (AvgIpc) is 3.03. The molecule has 0 atom stereocenters. The minimum Gasteiger partial charge on any atom is -0.496 e. The van der Waals surface area contributed by atoms with Crippen molar-refractivity contribution in [1.29, 1.82) is 0 Å². The highest BCUT2D eigenvalue weighted by atomic mass is 35.5. The highest BCUT2D eigenvalue weighted by molar-refractivity contribution is 6.30. The summed E-state index contributed by atoms with van der Waals surface area (Å²) in [5.74, 6) is 2.22. The van der Waals surface area contributed by atoms with Crippen molar-refractivity contribution in [1.82, 2.24) is 10.1 Å². The van der Waals surface area contributed by atoms with E-state index < -0.39 is 0 Å². The van der Waals surface area contributed by atoms with Gasteiger partial charge in [0.25, 0.3) is 5.89 Å². The SMILES string of the molecule is COc1ccccc1-c1noc(COc2ccc(Cl)cc2)n1. The van der Waals surface area contributed by atoms with E-state index in [1.165, 1.54) is 0 Å². The molecule has 1 aromatic heterocycles. The van der Waals surface area contributed by atoms with Crippen molar-refractivity contribution < 1.29 is 14.0 Å². The van der Waals surface area contributed by atoms with Crippen LogP contribution in [0.4, 0.5) is 0 Å². The van der Waals surface area contributed by atoms with E-state index in [1.807, 2.05) is 24.3 Å². The number of rotatable bonds is 5. The fourth-order valence-corrected chi connectivity index (χ4v) is 2.05. The lowest BCUT2D eigenvalue weighted by atomic mass is 10.2. The third-order valence-corrected chi connectivity index (χ3v) is 3.24. The van der Waals surface area contributed by atoms with Gasteiger partial charge < -0.3 is 14.0 Å². The van der Waals surface area contributed by atoms with E-state index in [0.717, 1.165) is 5.56 Å². The molecule has 22 heavy (non-hydrogen) atoms. The molecule has 0 aliphatic heterocycles. The van der Waals surface area contributed by atoms with Gasteiger partial charge >= 0.3 is 0 Å². The van der Waals surface area contributed by atoms with Crippen LogP contribution >= 0.6 is 11.6 Å². The molecule has 0 fully saturated rings. The zero-order valence-corrected chi connectivity index (χ0v) is 12.6. The summed E-state index contributed by atoms with van der Waals surface area (Å²) in [4.78, 5) is 4.31. The molecule has 0 saturated carbocycles. The number of halogens is 1. The lowest BCUT2D eigenvalue weighted by molar-refractivity contribution is 0.243. The van der Waals surface area contributed by atoms with Gasteiger partial charge in [-0.25, -0.2) is 0 Å². The van der Waals surface area contributed by atoms with Crippen LogP contribution in [0.1, 0.15) is 5.89 Å². The number of ether oxygens (including phenoxy) is 2. The van der Waals surface area contributed by atoms with Crippen LogP contribution in [-0.2, 0) is 6.61 Å². The highest BCUT2D eigenvalue weighted by Gasteiger charge is 2.13. The Hall–Kier alpha value is -2.53. The molecule has 2 aromatic carbocycles. The van der Waals surface area contributed by atoms with E-state index in [2.05, 4.69) is 10.1 Å². The van der Waals surface area contributed by atoms with Crippen LogP contribution in [0.3, 0.4) is 0 Å². The summed E-state index contributed by atoms with van der Waals surface area (Å²) in [6.45, 7) is 0.184. The van der Waals surface area contributed by atoms with Crippen molar-refractivity contribution in [2.24, 2.45) is 0 Å². The Morgan fingerprint density at radius 3 is 2.64 bits per heavy atom. The highest BCUT2D eigenvalue weighted by Crippen LogP contribution is 2.27. The Bertz CT molecular complexity index is 756. The third-order valence-electron chi connectivity index (χ3n) is 2.99. The number of para-hydroxylation sites is 1. The van der Waals surface area contributed by atoms with Crippen molar-refractivity contribution in [3.8, 4) is 22.9 Å². The van der Waals surface area contributed by atoms with Crippen molar-refractivity contribution in [3.63, 3.8) is 0 Å². The summed E-state index contributed by atoms with van der Waals surface area (Å²) >= 11 is 5.82. The number of hydrogen-bond acceptors (Lipinski definition) is 5. The van der Waals surface area contributed by atoms with Gasteiger partial charge in [0.1, 0.15) is 11.5 Å². The molecule has 0 N–H and O–H groups in total. The Balaban J connectivity index is 1.72. The summed E-state index contributed by atoms with van der Waals surface area (Å²) in [5, 5.41) is 4.61. The largest absolute Gasteiger partial charge is 0.496 e. The number of methoxy groups -OCH3 is 1. The Morgan fingerprint density at radius 1 is 1.09 bits per heavy atom. The van der Waals surface area contributed by atoms with E-state index in [0.29, 0.717) is 28.2 Å². The molecule has 1 heterocycles. The third kappa shape index (κ3) is 3.20. The second kappa shape index (κ2) is 6.49. The van der Waals surface area contributed by atoms with Crippen LogP contribution in [0.2, 0.25) is 5.02 Å². The second-order valence-electron chi connectivity index (χ2n) is 4.45. The van der Waals surface area contributed by atoms with Gasteiger partial charge in [0.2, 0.25) is 5.82 Å². The van der Waals surface area contributed by atoms with Crippen molar-refractivity contribution in [2.45, 2.75) is 6.61 Å². The first-order valence-corrected chi connectivity index (χ1v) is 6.98. The van der Waals surface area contributed by atoms with Crippen molar-refractivity contribution >= 4 is 11.6 Å².